The van der Waals surface area contributed by atoms with Gasteiger partial charge in [0.1, 0.15) is 11.6 Å². The minimum atomic E-state index is -1.15. The molecule has 2 unspecified atom stereocenters. The molecule has 1 aromatic carbocycles. The normalized spacial score (nSPS) is 32.1. The average Bonchev–Trinajstić information content (AvgIpc) is 3.35. The smallest absolute Gasteiger partial charge is 0.310 e. The van der Waals surface area contributed by atoms with Gasteiger partial charge in [-0.05, 0) is 38.2 Å². The molecular weight excluding hydrogens is 424 g/mol. The van der Waals surface area contributed by atoms with Crippen molar-refractivity contribution in [3.8, 4) is 0 Å². The number of nitrogens with zero attached hydrogens (tertiary/aromatic N) is 2. The maximum absolute atomic E-state index is 14.0. The number of carboxylic acid groups (broad SMARTS) is 1. The number of aliphatic hydroxyl groups excluding tert-OH is 1. The molecule has 5 atom stereocenters. The highest BCUT2D eigenvalue weighted by Gasteiger charge is 2.78. The van der Waals surface area contributed by atoms with Crippen LogP contribution in [-0.2, 0) is 25.7 Å². The van der Waals surface area contributed by atoms with Gasteiger partial charge in [-0.2, -0.15) is 0 Å². The van der Waals surface area contributed by atoms with Crippen LogP contribution < -0.4 is 0 Å². The van der Waals surface area contributed by atoms with Gasteiger partial charge in [0.25, 0.3) is 0 Å². The molecule has 4 rings (SSSR count). The van der Waals surface area contributed by atoms with Gasteiger partial charge in [0, 0.05) is 26.2 Å². The number of fused-ring (bicyclic) bond motifs is 1. The minimum Gasteiger partial charge on any atom is -0.481 e. The third-order valence-electron chi connectivity index (χ3n) is 7.46. The van der Waals surface area contributed by atoms with Crippen molar-refractivity contribution in [2.24, 2.45) is 11.8 Å². The predicted octanol–water partition coefficient (Wildman–Crippen LogP) is 1.82. The molecule has 3 saturated heterocycles. The summed E-state index contributed by atoms with van der Waals surface area (Å²) in [5, 5.41) is 19.2. The lowest BCUT2D eigenvalue weighted by Crippen LogP contribution is -2.56. The fourth-order valence-electron chi connectivity index (χ4n) is 6.08. The molecule has 3 fully saturated rings. The molecule has 1 aromatic rings. The first-order chi connectivity index (χ1) is 15.8. The summed E-state index contributed by atoms with van der Waals surface area (Å²) in [6.07, 6.45) is 3.61. The Morgan fingerprint density at radius 3 is 2.64 bits per heavy atom. The fourth-order valence-corrected chi connectivity index (χ4v) is 6.08. The zero-order valence-corrected chi connectivity index (χ0v) is 19.0. The van der Waals surface area contributed by atoms with Crippen LogP contribution in [0.5, 0.6) is 0 Å². The van der Waals surface area contributed by atoms with Crippen LogP contribution in [0.3, 0.4) is 0 Å². The standard InChI is InChI=1S/C25H32N2O6/c1-3-13-26(16-17-9-5-4-6-10-17)22(30)20-25-12-11-24(2,33-25)19(23(31)32)18(25)21(29)27(20)14-7-8-15-28/h3-6,9-10,18-20,28H,1,7-8,11-16H2,2H3,(H,31,32)/t18-,19-,20?,24+,25?/m0/s1. The maximum Gasteiger partial charge on any atom is 0.310 e. The molecule has 3 aliphatic rings. The van der Waals surface area contributed by atoms with Crippen LogP contribution in [0.15, 0.2) is 43.0 Å². The van der Waals surface area contributed by atoms with Crippen molar-refractivity contribution in [1.82, 2.24) is 9.80 Å². The van der Waals surface area contributed by atoms with Crippen LogP contribution >= 0.6 is 0 Å². The second-order valence-corrected chi connectivity index (χ2v) is 9.52. The number of likely N-dealkylation sites (tertiary alicyclic amines) is 1. The van der Waals surface area contributed by atoms with E-state index in [9.17, 15) is 24.6 Å². The Kier molecular flexibility index (Phi) is 6.33. The van der Waals surface area contributed by atoms with Gasteiger partial charge >= 0.3 is 5.97 Å². The molecule has 0 aliphatic carbocycles. The monoisotopic (exact) mass is 456 g/mol. The molecule has 2 bridgehead atoms. The van der Waals surface area contributed by atoms with Crippen LogP contribution in [0.2, 0.25) is 0 Å². The van der Waals surface area contributed by atoms with Gasteiger partial charge in [0.05, 0.1) is 17.4 Å². The highest BCUT2D eigenvalue weighted by atomic mass is 16.5. The van der Waals surface area contributed by atoms with Gasteiger partial charge < -0.3 is 24.7 Å². The maximum atomic E-state index is 14.0. The molecule has 178 valence electrons. The second-order valence-electron chi connectivity index (χ2n) is 9.52. The molecule has 1 spiro atoms. The molecule has 0 aromatic heterocycles. The summed E-state index contributed by atoms with van der Waals surface area (Å²) in [5.74, 6) is -3.53. The fraction of sp³-hybridized carbons (Fsp3) is 0.560. The number of ether oxygens (including phenoxy) is 1. The third kappa shape index (κ3) is 3.75. The number of rotatable bonds is 10. The number of carbonyl (C=O) groups excluding carboxylic acids is 2. The van der Waals surface area contributed by atoms with Crippen molar-refractivity contribution in [1.29, 1.82) is 0 Å². The number of amides is 2. The molecule has 33 heavy (non-hydrogen) atoms. The zero-order chi connectivity index (χ0) is 23.8. The Labute approximate surface area is 193 Å². The van der Waals surface area contributed by atoms with E-state index in [1.165, 1.54) is 4.90 Å². The molecule has 2 N–H and O–H groups in total. The average molecular weight is 457 g/mol. The summed E-state index contributed by atoms with van der Waals surface area (Å²) in [6, 6.07) is 8.68. The van der Waals surface area contributed by atoms with Crippen LogP contribution in [0.1, 0.15) is 38.2 Å². The molecule has 3 heterocycles. The first kappa shape index (κ1) is 23.4. The second kappa shape index (κ2) is 8.91. The number of hydrogen-bond acceptors (Lipinski definition) is 5. The van der Waals surface area contributed by atoms with Gasteiger partial charge in [-0.15, -0.1) is 6.58 Å². The number of benzene rings is 1. The highest BCUT2D eigenvalue weighted by Crippen LogP contribution is 2.63. The highest BCUT2D eigenvalue weighted by molar-refractivity contribution is 5.98. The molecule has 8 heteroatoms. The van der Waals surface area contributed by atoms with Crippen LogP contribution in [0, 0.1) is 11.8 Å². The summed E-state index contributed by atoms with van der Waals surface area (Å²) in [7, 11) is 0. The van der Waals surface area contributed by atoms with Gasteiger partial charge in [-0.25, -0.2) is 0 Å². The van der Waals surface area contributed by atoms with E-state index in [2.05, 4.69) is 6.58 Å². The van der Waals surface area contributed by atoms with Crippen molar-refractivity contribution >= 4 is 17.8 Å². The Morgan fingerprint density at radius 1 is 1.27 bits per heavy atom. The van der Waals surface area contributed by atoms with Crippen molar-refractivity contribution in [2.75, 3.05) is 19.7 Å². The van der Waals surface area contributed by atoms with E-state index >= 15 is 0 Å². The topological polar surface area (TPSA) is 107 Å². The van der Waals surface area contributed by atoms with Gasteiger partial charge in [0.15, 0.2) is 0 Å². The summed E-state index contributed by atoms with van der Waals surface area (Å²) >= 11 is 0. The Morgan fingerprint density at radius 2 is 2.00 bits per heavy atom. The zero-order valence-electron chi connectivity index (χ0n) is 19.0. The molecule has 0 saturated carbocycles. The van der Waals surface area contributed by atoms with Crippen LogP contribution in [0.25, 0.3) is 0 Å². The van der Waals surface area contributed by atoms with Crippen LogP contribution in [0.4, 0.5) is 0 Å². The Hall–Kier alpha value is -2.71. The molecule has 3 aliphatic heterocycles. The summed E-state index contributed by atoms with van der Waals surface area (Å²) < 4.78 is 6.40. The Bertz CT molecular complexity index is 936. The van der Waals surface area contributed by atoms with Crippen molar-refractivity contribution < 1.29 is 29.3 Å². The molecule has 0 radical (unpaired) electrons. The first-order valence-electron chi connectivity index (χ1n) is 11.6. The quantitative estimate of drug-likeness (QED) is 0.411. The lowest BCUT2D eigenvalue weighted by molar-refractivity contribution is -0.156. The van der Waals surface area contributed by atoms with Crippen molar-refractivity contribution in [3.63, 3.8) is 0 Å². The van der Waals surface area contributed by atoms with E-state index in [-0.39, 0.29) is 25.0 Å². The summed E-state index contributed by atoms with van der Waals surface area (Å²) in [6.45, 7) is 6.44. The lowest BCUT2D eigenvalue weighted by Gasteiger charge is -2.37. The first-order valence-corrected chi connectivity index (χ1v) is 11.6. The molecule has 8 nitrogen and oxygen atoms in total. The largest absolute Gasteiger partial charge is 0.481 e. The number of aliphatic carboxylic acids is 1. The minimum absolute atomic E-state index is 0.0157. The lowest BCUT2D eigenvalue weighted by atomic mass is 9.66. The van der Waals surface area contributed by atoms with Gasteiger partial charge in [-0.1, -0.05) is 36.4 Å². The third-order valence-corrected chi connectivity index (χ3v) is 7.46. The SMILES string of the molecule is C=CCN(Cc1ccccc1)C(=O)C1N(CCCCO)C(=O)[C@@H]2[C@@H](C(=O)O)[C@@]3(C)CCC12O3. The Balaban J connectivity index is 1.72. The molecule has 2 amide bonds. The van der Waals surface area contributed by atoms with Gasteiger partial charge in [-0.3, -0.25) is 14.4 Å². The number of hydrogen-bond donors (Lipinski definition) is 2. The van der Waals surface area contributed by atoms with Crippen LogP contribution in [-0.4, -0.2) is 74.7 Å². The van der Waals surface area contributed by atoms with Crippen molar-refractivity contribution in [2.45, 2.75) is 56.4 Å². The van der Waals surface area contributed by atoms with Gasteiger partial charge in [0.2, 0.25) is 11.8 Å². The van der Waals surface area contributed by atoms with E-state index in [0.29, 0.717) is 38.8 Å². The number of aliphatic hydroxyl groups is 1. The van der Waals surface area contributed by atoms with Crippen molar-refractivity contribution in [3.05, 3.63) is 48.6 Å². The van der Waals surface area contributed by atoms with E-state index in [4.69, 9.17) is 4.74 Å². The number of carboxylic acids is 1. The summed E-state index contributed by atoms with van der Waals surface area (Å²) in [5.41, 5.74) is -1.17. The molecular formula is C25H32N2O6. The number of unbranched alkanes of at least 4 members (excludes halogenated alkanes) is 1. The number of carbonyl (C=O) groups is 3. The predicted molar refractivity (Wildman–Crippen MR) is 120 cm³/mol. The van der Waals surface area contributed by atoms with E-state index in [0.717, 1.165) is 5.56 Å². The van der Waals surface area contributed by atoms with E-state index in [1.807, 2.05) is 30.3 Å². The van der Waals surface area contributed by atoms with E-state index < -0.39 is 35.0 Å². The van der Waals surface area contributed by atoms with E-state index in [1.54, 1.807) is 17.9 Å². The summed E-state index contributed by atoms with van der Waals surface area (Å²) in [4.78, 5) is 43.0.